The zero-order valence-electron chi connectivity index (χ0n) is 13.4. The number of aromatic nitrogens is 1. The van der Waals surface area contributed by atoms with Gasteiger partial charge in [0.2, 0.25) is 24.0 Å². The van der Waals surface area contributed by atoms with E-state index in [1.165, 1.54) is 24.3 Å². The highest BCUT2D eigenvalue weighted by atomic mass is 35.5. The molecule has 10 heteroatoms. The van der Waals surface area contributed by atoms with Crippen LogP contribution in [0.15, 0.2) is 38.5 Å². The molecule has 6 nitrogen and oxygen atoms in total. The van der Waals surface area contributed by atoms with E-state index in [1.54, 1.807) is 4.90 Å². The van der Waals surface area contributed by atoms with Gasteiger partial charge in [0.25, 0.3) is 0 Å². The van der Waals surface area contributed by atoms with Crippen molar-refractivity contribution in [2.45, 2.75) is 28.1 Å². The summed E-state index contributed by atoms with van der Waals surface area (Å²) < 4.78 is 49.3. The molecule has 1 aromatic heterocycles. The number of hydrogen-bond donors (Lipinski definition) is 0. The van der Waals surface area contributed by atoms with Crippen LogP contribution in [0.3, 0.4) is 0 Å². The van der Waals surface area contributed by atoms with Crippen molar-refractivity contribution in [3.63, 3.8) is 0 Å². The van der Waals surface area contributed by atoms with Gasteiger partial charge in [-0.15, -0.1) is 0 Å². The average Bonchev–Trinajstić information content (AvgIpc) is 2.95. The lowest BCUT2D eigenvalue weighted by Gasteiger charge is -2.19. The fourth-order valence-electron chi connectivity index (χ4n) is 2.05. The van der Waals surface area contributed by atoms with Gasteiger partial charge in [0.15, 0.2) is 5.03 Å². The van der Waals surface area contributed by atoms with Crippen molar-refractivity contribution >= 4 is 47.6 Å². The van der Waals surface area contributed by atoms with E-state index in [0.29, 0.717) is 23.1 Å². The lowest BCUT2D eigenvalue weighted by atomic mass is 10.4. The Bertz CT molecular complexity index is 931. The topological polar surface area (TPSA) is 84.4 Å². The molecule has 0 saturated carbocycles. The summed E-state index contributed by atoms with van der Waals surface area (Å²) in [5.74, 6) is 0. The van der Waals surface area contributed by atoms with Crippen LogP contribution in [0.25, 0.3) is 0 Å². The van der Waals surface area contributed by atoms with Crippen LogP contribution in [0.4, 0.5) is 5.00 Å². The Morgan fingerprint density at radius 2 is 1.62 bits per heavy atom. The quantitative estimate of drug-likeness (QED) is 0.730. The van der Waals surface area contributed by atoms with E-state index in [9.17, 15) is 16.8 Å². The van der Waals surface area contributed by atoms with Crippen LogP contribution in [0.1, 0.15) is 13.8 Å². The SMILES string of the molecule is CCN(CC)c1sc(S(C)(=O)=O)nc1S(=O)(=O)c1ccc(Cl)cc1. The number of sulfone groups is 2. The largest absolute Gasteiger partial charge is 0.362 e. The van der Waals surface area contributed by atoms with E-state index in [2.05, 4.69) is 4.98 Å². The van der Waals surface area contributed by atoms with Gasteiger partial charge in [-0.1, -0.05) is 22.9 Å². The first kappa shape index (κ1) is 19.2. The van der Waals surface area contributed by atoms with Crippen LogP contribution in [0, 0.1) is 0 Å². The molecule has 132 valence electrons. The minimum Gasteiger partial charge on any atom is -0.362 e. The normalized spacial score (nSPS) is 12.3. The second-order valence-electron chi connectivity index (χ2n) is 4.99. The molecule has 1 heterocycles. The van der Waals surface area contributed by atoms with Crippen molar-refractivity contribution in [2.75, 3.05) is 24.2 Å². The van der Waals surface area contributed by atoms with E-state index in [-0.39, 0.29) is 14.3 Å². The lowest BCUT2D eigenvalue weighted by molar-refractivity contribution is 0.590. The van der Waals surface area contributed by atoms with Crippen molar-refractivity contribution in [3.8, 4) is 0 Å². The summed E-state index contributed by atoms with van der Waals surface area (Å²) in [5.41, 5.74) is 0. The van der Waals surface area contributed by atoms with Gasteiger partial charge in [0.05, 0.1) is 4.90 Å². The van der Waals surface area contributed by atoms with Gasteiger partial charge in [-0.05, 0) is 38.1 Å². The Hall–Kier alpha value is -1.16. The molecule has 0 fully saturated rings. The lowest BCUT2D eigenvalue weighted by Crippen LogP contribution is -2.22. The number of halogens is 1. The number of thiazole rings is 1. The zero-order chi connectivity index (χ0) is 18.1. The van der Waals surface area contributed by atoms with E-state index in [1.807, 2.05) is 13.8 Å². The Labute approximate surface area is 150 Å². The van der Waals surface area contributed by atoms with Gasteiger partial charge in [-0.3, -0.25) is 0 Å². The smallest absolute Gasteiger partial charge is 0.226 e. The Morgan fingerprint density at radius 1 is 1.08 bits per heavy atom. The molecule has 2 aromatic rings. The monoisotopic (exact) mass is 408 g/mol. The molecule has 2 rings (SSSR count). The number of nitrogens with zero attached hydrogens (tertiary/aromatic N) is 2. The van der Waals surface area contributed by atoms with Crippen molar-refractivity contribution in [2.24, 2.45) is 0 Å². The Kier molecular flexibility index (Phi) is 5.58. The van der Waals surface area contributed by atoms with E-state index >= 15 is 0 Å². The van der Waals surface area contributed by atoms with Gasteiger partial charge in [0.1, 0.15) is 5.00 Å². The Morgan fingerprint density at radius 3 is 2.08 bits per heavy atom. The van der Waals surface area contributed by atoms with Crippen molar-refractivity contribution in [3.05, 3.63) is 29.3 Å². The zero-order valence-corrected chi connectivity index (χ0v) is 16.6. The van der Waals surface area contributed by atoms with Gasteiger partial charge >= 0.3 is 0 Å². The Balaban J connectivity index is 2.71. The highest BCUT2D eigenvalue weighted by molar-refractivity contribution is 7.93. The van der Waals surface area contributed by atoms with Crippen LogP contribution in [-0.2, 0) is 19.7 Å². The molecular formula is C14H17ClN2O4S3. The molecule has 0 aliphatic carbocycles. The number of hydrogen-bond acceptors (Lipinski definition) is 7. The molecule has 0 amide bonds. The molecule has 0 aliphatic heterocycles. The summed E-state index contributed by atoms with van der Waals surface area (Å²) in [7, 11) is -7.56. The van der Waals surface area contributed by atoms with E-state index in [0.717, 1.165) is 17.6 Å². The third-order valence-corrected chi connectivity index (χ3v) is 8.17. The van der Waals surface area contributed by atoms with E-state index in [4.69, 9.17) is 11.6 Å². The number of benzene rings is 1. The van der Waals surface area contributed by atoms with Crippen molar-refractivity contribution in [1.29, 1.82) is 0 Å². The summed E-state index contributed by atoms with van der Waals surface area (Å²) in [5, 5.41) is 0.502. The summed E-state index contributed by atoms with van der Waals surface area (Å²) in [4.78, 5) is 5.73. The van der Waals surface area contributed by atoms with Crippen LogP contribution < -0.4 is 4.90 Å². The molecule has 24 heavy (non-hydrogen) atoms. The molecule has 0 spiro atoms. The maximum absolute atomic E-state index is 12.9. The highest BCUT2D eigenvalue weighted by Gasteiger charge is 2.30. The minimum absolute atomic E-state index is 0.0191. The molecule has 1 aromatic carbocycles. The van der Waals surface area contributed by atoms with Gasteiger partial charge in [-0.25, -0.2) is 21.8 Å². The van der Waals surface area contributed by atoms with Crippen molar-refractivity contribution in [1.82, 2.24) is 4.98 Å². The molecule has 0 unspecified atom stereocenters. The van der Waals surface area contributed by atoms with E-state index < -0.39 is 19.7 Å². The fraction of sp³-hybridized carbons (Fsp3) is 0.357. The van der Waals surface area contributed by atoms with Gasteiger partial charge < -0.3 is 4.90 Å². The molecule has 0 saturated heterocycles. The van der Waals surface area contributed by atoms with Gasteiger partial charge in [-0.2, -0.15) is 0 Å². The third kappa shape index (κ3) is 3.74. The summed E-state index contributed by atoms with van der Waals surface area (Å²) in [6, 6.07) is 5.69. The predicted molar refractivity (Wildman–Crippen MR) is 95.7 cm³/mol. The second kappa shape index (κ2) is 6.99. The first-order valence-electron chi connectivity index (χ1n) is 7.07. The maximum atomic E-state index is 12.9. The molecule has 0 aliphatic rings. The fourth-order valence-corrected chi connectivity index (χ4v) is 5.96. The van der Waals surface area contributed by atoms with Crippen LogP contribution in [0.2, 0.25) is 5.02 Å². The molecule has 0 N–H and O–H groups in total. The maximum Gasteiger partial charge on any atom is 0.226 e. The van der Waals surface area contributed by atoms with Crippen LogP contribution in [-0.4, -0.2) is 41.2 Å². The standard InChI is InChI=1S/C14H17ClN2O4S3/c1-4-17(5-2)13-12(16-14(22-13)23(3,18)19)24(20,21)11-8-6-10(15)7-9-11/h6-9H,4-5H2,1-3H3. The summed E-state index contributed by atoms with van der Waals surface area (Å²) in [6.45, 7) is 4.79. The first-order chi connectivity index (χ1) is 11.1. The van der Waals surface area contributed by atoms with Crippen LogP contribution in [0.5, 0.6) is 0 Å². The predicted octanol–water partition coefficient (Wildman–Crippen LogP) is 2.88. The number of anilines is 1. The summed E-state index contributed by atoms with van der Waals surface area (Å²) in [6.07, 6.45) is 1.01. The number of rotatable bonds is 6. The second-order valence-corrected chi connectivity index (χ2v) is 10.5. The highest BCUT2D eigenvalue weighted by Crippen LogP contribution is 2.37. The molecule has 0 bridgehead atoms. The average molecular weight is 409 g/mol. The third-order valence-electron chi connectivity index (χ3n) is 3.31. The van der Waals surface area contributed by atoms with Gasteiger partial charge in [0, 0.05) is 24.4 Å². The van der Waals surface area contributed by atoms with Crippen molar-refractivity contribution < 1.29 is 16.8 Å². The molecular weight excluding hydrogens is 392 g/mol. The summed E-state index contributed by atoms with van der Waals surface area (Å²) >= 11 is 6.67. The molecule has 0 atom stereocenters. The molecule has 0 radical (unpaired) electrons. The first-order valence-corrected chi connectivity index (χ1v) is 11.6. The van der Waals surface area contributed by atoms with Crippen LogP contribution >= 0.6 is 22.9 Å². The minimum atomic E-state index is -3.96.